The third-order valence-corrected chi connectivity index (χ3v) is 5.93. The van der Waals surface area contributed by atoms with E-state index in [9.17, 15) is 17.6 Å². The molecule has 34 heavy (non-hydrogen) atoms. The molecule has 176 valence electrons. The third-order valence-electron chi connectivity index (χ3n) is 4.93. The molecule has 2 aromatic carbocycles. The zero-order chi connectivity index (χ0) is 24.5. The number of anilines is 2. The number of aromatic nitrogens is 2. The van der Waals surface area contributed by atoms with Gasteiger partial charge in [-0.15, -0.1) is 0 Å². The number of rotatable bonds is 5. The smallest absolute Gasteiger partial charge is 0.434 e. The molecular formula is C25H21F4N3OS. The lowest BCUT2D eigenvalue weighted by Crippen LogP contribution is -2.12. The molecule has 0 atom stereocenters. The number of thiazole rings is 1. The Morgan fingerprint density at radius 1 is 0.912 bits per heavy atom. The summed E-state index contributed by atoms with van der Waals surface area (Å²) in [5, 5.41) is 2.81. The zero-order valence-corrected chi connectivity index (χ0v) is 19.4. The Morgan fingerprint density at radius 2 is 1.62 bits per heavy atom. The minimum atomic E-state index is -4.76. The molecule has 2 heterocycles. The number of hydrogen-bond acceptors (Lipinski definition) is 5. The van der Waals surface area contributed by atoms with Gasteiger partial charge in [0.05, 0.1) is 4.88 Å². The molecule has 1 N–H and O–H groups in total. The maximum Gasteiger partial charge on any atom is 0.434 e. The summed E-state index contributed by atoms with van der Waals surface area (Å²) in [7, 11) is 0. The van der Waals surface area contributed by atoms with Gasteiger partial charge in [-0.25, -0.2) is 14.4 Å². The number of nitrogens with zero attached hydrogens (tertiary/aromatic N) is 2. The van der Waals surface area contributed by atoms with Crippen LogP contribution in [0.2, 0.25) is 0 Å². The second-order valence-corrected chi connectivity index (χ2v) is 9.50. The van der Waals surface area contributed by atoms with Crippen LogP contribution in [0.5, 0.6) is 11.6 Å². The van der Waals surface area contributed by atoms with Crippen molar-refractivity contribution in [3.8, 4) is 22.1 Å². The number of nitrogens with one attached hydrogen (secondary N) is 1. The first-order valence-electron chi connectivity index (χ1n) is 10.4. The van der Waals surface area contributed by atoms with Gasteiger partial charge >= 0.3 is 6.18 Å². The molecule has 0 spiro atoms. The Bertz CT molecular complexity index is 1310. The molecule has 0 amide bonds. The summed E-state index contributed by atoms with van der Waals surface area (Å²) in [5.74, 6) is 0.00158. The fourth-order valence-corrected chi connectivity index (χ4v) is 4.38. The minimum absolute atomic E-state index is 0.0625. The highest BCUT2D eigenvalue weighted by atomic mass is 32.1. The maximum atomic E-state index is 14.3. The van der Waals surface area contributed by atoms with Gasteiger partial charge in [-0.05, 0) is 29.7 Å². The van der Waals surface area contributed by atoms with Gasteiger partial charge in [0.1, 0.15) is 17.3 Å². The standard InChI is InChI=1S/C25H21F4N3OS/c1-24(2,3)16-10-5-7-13-19(16)33-22-18(12-8-14-30-22)31-23-32-21(25(27,28)29)20(34-23)15-9-4-6-11-17(15)26/h4-14H,1-3H3,(H,31,32). The summed E-state index contributed by atoms with van der Waals surface area (Å²) in [6.07, 6.45) is -3.23. The lowest BCUT2D eigenvalue weighted by molar-refractivity contribution is -0.140. The normalized spacial score (nSPS) is 12.0. The maximum absolute atomic E-state index is 14.3. The summed E-state index contributed by atoms with van der Waals surface area (Å²) in [6.45, 7) is 6.14. The number of alkyl halides is 3. The van der Waals surface area contributed by atoms with Crippen LogP contribution >= 0.6 is 11.3 Å². The number of ether oxygens (including phenoxy) is 1. The van der Waals surface area contributed by atoms with E-state index in [1.165, 1.54) is 24.4 Å². The van der Waals surface area contributed by atoms with Crippen molar-refractivity contribution in [2.45, 2.75) is 32.4 Å². The molecule has 0 aliphatic heterocycles. The third kappa shape index (κ3) is 5.04. The van der Waals surface area contributed by atoms with E-state index >= 15 is 0 Å². The Morgan fingerprint density at radius 3 is 2.32 bits per heavy atom. The summed E-state index contributed by atoms with van der Waals surface area (Å²) in [4.78, 5) is 7.68. The van der Waals surface area contributed by atoms with E-state index in [1.54, 1.807) is 18.2 Å². The number of pyridine rings is 1. The van der Waals surface area contributed by atoms with Crippen molar-refractivity contribution in [2.75, 3.05) is 5.32 Å². The number of halogens is 4. The molecule has 0 aliphatic rings. The van der Waals surface area contributed by atoms with Gasteiger partial charge in [0.25, 0.3) is 0 Å². The van der Waals surface area contributed by atoms with Gasteiger partial charge in [-0.3, -0.25) is 0 Å². The molecule has 0 unspecified atom stereocenters. The second-order valence-electron chi connectivity index (χ2n) is 8.50. The van der Waals surface area contributed by atoms with Crippen LogP contribution in [0.15, 0.2) is 66.9 Å². The van der Waals surface area contributed by atoms with Crippen molar-refractivity contribution in [3.63, 3.8) is 0 Å². The number of hydrogen-bond donors (Lipinski definition) is 1. The average molecular weight is 488 g/mol. The summed E-state index contributed by atoms with van der Waals surface area (Å²) in [6, 6.07) is 16.0. The van der Waals surface area contributed by atoms with Crippen molar-refractivity contribution in [1.82, 2.24) is 9.97 Å². The average Bonchev–Trinajstić information content (AvgIpc) is 3.19. The fraction of sp³-hybridized carbons (Fsp3) is 0.200. The molecule has 0 saturated heterocycles. The van der Waals surface area contributed by atoms with Crippen LogP contribution in [0.3, 0.4) is 0 Å². The number of benzene rings is 2. The van der Waals surface area contributed by atoms with Gasteiger partial charge < -0.3 is 10.1 Å². The fourth-order valence-electron chi connectivity index (χ4n) is 3.36. The van der Waals surface area contributed by atoms with Gasteiger partial charge in [-0.1, -0.05) is 68.5 Å². The van der Waals surface area contributed by atoms with Gasteiger partial charge in [0, 0.05) is 17.3 Å². The minimum Gasteiger partial charge on any atom is -0.437 e. The predicted octanol–water partition coefficient (Wildman–Crippen LogP) is 8.20. The van der Waals surface area contributed by atoms with Crippen LogP contribution in [0.4, 0.5) is 28.4 Å². The summed E-state index contributed by atoms with van der Waals surface area (Å²) in [5.41, 5.74) is -0.252. The molecule has 4 nitrogen and oxygen atoms in total. The molecule has 0 radical (unpaired) electrons. The molecule has 2 aromatic heterocycles. The van der Waals surface area contributed by atoms with E-state index in [-0.39, 0.29) is 26.9 Å². The molecule has 4 rings (SSSR count). The van der Waals surface area contributed by atoms with E-state index in [0.29, 0.717) is 22.8 Å². The molecule has 0 aliphatic carbocycles. The molecular weight excluding hydrogens is 466 g/mol. The van der Waals surface area contributed by atoms with Crippen molar-refractivity contribution in [2.24, 2.45) is 0 Å². The van der Waals surface area contributed by atoms with Crippen molar-refractivity contribution in [3.05, 3.63) is 83.9 Å². The van der Waals surface area contributed by atoms with Crippen molar-refractivity contribution < 1.29 is 22.3 Å². The van der Waals surface area contributed by atoms with Crippen LogP contribution < -0.4 is 10.1 Å². The summed E-state index contributed by atoms with van der Waals surface area (Å²) >= 11 is 0.705. The van der Waals surface area contributed by atoms with E-state index in [1.807, 2.05) is 39.0 Å². The van der Waals surface area contributed by atoms with Crippen LogP contribution in [0.1, 0.15) is 32.0 Å². The second kappa shape index (κ2) is 9.06. The Labute approximate surface area is 198 Å². The topological polar surface area (TPSA) is 47.0 Å². The van der Waals surface area contributed by atoms with E-state index in [0.717, 1.165) is 11.6 Å². The molecule has 0 bridgehead atoms. The van der Waals surface area contributed by atoms with Gasteiger partial charge in [0.2, 0.25) is 5.88 Å². The SMILES string of the molecule is CC(C)(C)c1ccccc1Oc1ncccc1Nc1nc(C(F)(F)F)c(-c2ccccc2F)s1. The molecule has 9 heteroatoms. The molecule has 4 aromatic rings. The largest absolute Gasteiger partial charge is 0.437 e. The van der Waals surface area contributed by atoms with Crippen molar-refractivity contribution in [1.29, 1.82) is 0 Å². The first-order chi connectivity index (χ1) is 16.0. The molecule has 0 saturated carbocycles. The quantitative estimate of drug-likeness (QED) is 0.288. The highest BCUT2D eigenvalue weighted by molar-refractivity contribution is 7.19. The van der Waals surface area contributed by atoms with Crippen LogP contribution in [0, 0.1) is 5.82 Å². The Hall–Kier alpha value is -3.46. The van der Waals surface area contributed by atoms with Gasteiger partial charge in [0.15, 0.2) is 10.8 Å². The number of para-hydroxylation sites is 1. The predicted molar refractivity (Wildman–Crippen MR) is 125 cm³/mol. The van der Waals surface area contributed by atoms with Crippen molar-refractivity contribution >= 4 is 22.2 Å². The van der Waals surface area contributed by atoms with E-state index in [4.69, 9.17) is 4.74 Å². The summed E-state index contributed by atoms with van der Waals surface area (Å²) < 4.78 is 61.4. The highest BCUT2D eigenvalue weighted by Gasteiger charge is 2.38. The van der Waals surface area contributed by atoms with E-state index in [2.05, 4.69) is 15.3 Å². The lowest BCUT2D eigenvalue weighted by Gasteiger charge is -2.22. The van der Waals surface area contributed by atoms with E-state index < -0.39 is 17.7 Å². The zero-order valence-electron chi connectivity index (χ0n) is 18.6. The first-order valence-corrected chi connectivity index (χ1v) is 11.2. The Balaban J connectivity index is 1.72. The Kier molecular flexibility index (Phi) is 6.31. The van der Waals surface area contributed by atoms with Crippen LogP contribution in [-0.2, 0) is 11.6 Å². The molecule has 0 fully saturated rings. The van der Waals surface area contributed by atoms with Crippen LogP contribution in [0.25, 0.3) is 10.4 Å². The monoisotopic (exact) mass is 487 g/mol. The van der Waals surface area contributed by atoms with Crippen LogP contribution in [-0.4, -0.2) is 9.97 Å². The first kappa shape index (κ1) is 23.7. The lowest BCUT2D eigenvalue weighted by atomic mass is 9.86. The van der Waals surface area contributed by atoms with Gasteiger partial charge in [-0.2, -0.15) is 13.2 Å². The highest BCUT2D eigenvalue weighted by Crippen LogP contribution is 2.44.